The van der Waals surface area contributed by atoms with Crippen LogP contribution in [0.1, 0.15) is 21.9 Å². The van der Waals surface area contributed by atoms with E-state index < -0.39 is 11.8 Å². The lowest BCUT2D eigenvalue weighted by Crippen LogP contribution is -2.01. The summed E-state index contributed by atoms with van der Waals surface area (Å²) in [5.74, 6) is 0.196. The van der Waals surface area contributed by atoms with Gasteiger partial charge in [0.05, 0.1) is 24.4 Å². The zero-order valence-corrected chi connectivity index (χ0v) is 11.8. The fraction of sp³-hybridized carbons (Fsp3) is 0.214. The number of rotatable bonds is 4. The number of methoxy groups -OCH3 is 1. The third kappa shape index (κ3) is 3.11. The van der Waals surface area contributed by atoms with Gasteiger partial charge in [-0.2, -0.15) is 0 Å². The summed E-state index contributed by atoms with van der Waals surface area (Å²) in [5.41, 5.74) is 0.969. The number of esters is 1. The molecule has 20 heavy (non-hydrogen) atoms. The SMILES string of the molecule is COC(=O)c1cc(CNc2ccc(F)cc2Cl)oc1C. The first-order valence-corrected chi connectivity index (χ1v) is 6.25. The molecule has 0 spiro atoms. The number of aryl methyl sites for hydroxylation is 1. The standard InChI is InChI=1S/C14H13ClFNO3/c1-8-11(14(18)19-2)6-10(20-8)7-17-13-4-3-9(16)5-12(13)15/h3-6,17H,7H2,1-2H3. The monoisotopic (exact) mass is 297 g/mol. The third-order valence-electron chi connectivity index (χ3n) is 2.76. The molecule has 0 aliphatic carbocycles. The highest BCUT2D eigenvalue weighted by Crippen LogP contribution is 2.24. The fourth-order valence-electron chi connectivity index (χ4n) is 1.76. The summed E-state index contributed by atoms with van der Waals surface area (Å²) in [4.78, 5) is 11.4. The van der Waals surface area contributed by atoms with Crippen LogP contribution < -0.4 is 5.32 Å². The molecule has 0 fully saturated rings. The van der Waals surface area contributed by atoms with Crippen LogP contribution >= 0.6 is 11.6 Å². The third-order valence-corrected chi connectivity index (χ3v) is 3.07. The summed E-state index contributed by atoms with van der Waals surface area (Å²) in [6, 6.07) is 5.67. The van der Waals surface area contributed by atoms with Gasteiger partial charge in [0.1, 0.15) is 22.9 Å². The maximum atomic E-state index is 12.9. The molecular formula is C14H13ClFNO3. The van der Waals surface area contributed by atoms with Crippen molar-refractivity contribution >= 4 is 23.3 Å². The van der Waals surface area contributed by atoms with Gasteiger partial charge in [-0.15, -0.1) is 0 Å². The van der Waals surface area contributed by atoms with Crippen molar-refractivity contribution in [1.29, 1.82) is 0 Å². The molecule has 1 N–H and O–H groups in total. The van der Waals surface area contributed by atoms with Crippen molar-refractivity contribution in [3.05, 3.63) is 52.2 Å². The topological polar surface area (TPSA) is 51.5 Å². The zero-order valence-electron chi connectivity index (χ0n) is 11.0. The number of hydrogen-bond acceptors (Lipinski definition) is 4. The van der Waals surface area contributed by atoms with Crippen molar-refractivity contribution < 1.29 is 18.3 Å². The molecule has 0 unspecified atom stereocenters. The van der Waals surface area contributed by atoms with Crippen molar-refractivity contribution in [1.82, 2.24) is 0 Å². The number of anilines is 1. The molecule has 0 saturated heterocycles. The molecule has 6 heteroatoms. The Balaban J connectivity index is 2.09. The van der Waals surface area contributed by atoms with E-state index in [0.717, 1.165) is 0 Å². The summed E-state index contributed by atoms with van der Waals surface area (Å²) in [5, 5.41) is 3.29. The Bertz CT molecular complexity index is 639. The first kappa shape index (κ1) is 14.4. The number of carbonyl (C=O) groups excluding carboxylic acids is 1. The Kier molecular flexibility index (Phi) is 4.29. The lowest BCUT2D eigenvalue weighted by atomic mass is 10.2. The molecule has 0 amide bonds. The number of ether oxygens (including phenoxy) is 1. The molecule has 2 rings (SSSR count). The van der Waals surface area contributed by atoms with E-state index in [1.165, 1.54) is 25.3 Å². The lowest BCUT2D eigenvalue weighted by Gasteiger charge is -2.06. The molecule has 0 saturated carbocycles. The molecule has 4 nitrogen and oxygen atoms in total. The summed E-state index contributed by atoms with van der Waals surface area (Å²) >= 11 is 5.90. The maximum Gasteiger partial charge on any atom is 0.341 e. The van der Waals surface area contributed by atoms with Gasteiger partial charge in [-0.05, 0) is 31.2 Å². The molecule has 0 bridgehead atoms. The van der Waals surface area contributed by atoms with Crippen LogP contribution in [0.4, 0.5) is 10.1 Å². The first-order valence-electron chi connectivity index (χ1n) is 5.88. The van der Waals surface area contributed by atoms with E-state index in [4.69, 9.17) is 16.0 Å². The van der Waals surface area contributed by atoms with Gasteiger partial charge < -0.3 is 14.5 Å². The summed E-state index contributed by atoms with van der Waals surface area (Å²) in [6.45, 7) is 2.00. The Hall–Kier alpha value is -2.01. The minimum absolute atomic E-state index is 0.279. The predicted molar refractivity (Wildman–Crippen MR) is 73.5 cm³/mol. The van der Waals surface area contributed by atoms with E-state index >= 15 is 0 Å². The van der Waals surface area contributed by atoms with Crippen LogP contribution in [0, 0.1) is 12.7 Å². The van der Waals surface area contributed by atoms with Crippen molar-refractivity contribution in [3.8, 4) is 0 Å². The van der Waals surface area contributed by atoms with Gasteiger partial charge in [-0.3, -0.25) is 0 Å². The minimum atomic E-state index is -0.447. The second-order valence-corrected chi connectivity index (χ2v) is 4.56. The highest BCUT2D eigenvalue weighted by Gasteiger charge is 2.15. The molecule has 0 atom stereocenters. The van der Waals surface area contributed by atoms with E-state index in [1.807, 2.05) is 0 Å². The highest BCUT2D eigenvalue weighted by atomic mass is 35.5. The minimum Gasteiger partial charge on any atom is -0.465 e. The van der Waals surface area contributed by atoms with Crippen molar-refractivity contribution in [2.24, 2.45) is 0 Å². The Labute approximate surface area is 120 Å². The first-order chi connectivity index (χ1) is 9.51. The fourth-order valence-corrected chi connectivity index (χ4v) is 1.99. The van der Waals surface area contributed by atoms with E-state index in [2.05, 4.69) is 10.1 Å². The molecular weight excluding hydrogens is 285 g/mol. The van der Waals surface area contributed by atoms with Crippen LogP contribution in [-0.4, -0.2) is 13.1 Å². The normalized spacial score (nSPS) is 10.4. The summed E-state index contributed by atoms with van der Waals surface area (Å²) in [6.07, 6.45) is 0. The molecule has 1 heterocycles. The van der Waals surface area contributed by atoms with Gasteiger partial charge in [0.15, 0.2) is 0 Å². The van der Waals surface area contributed by atoms with Gasteiger partial charge in [0.2, 0.25) is 0 Å². The zero-order chi connectivity index (χ0) is 14.7. The van der Waals surface area contributed by atoms with Gasteiger partial charge >= 0.3 is 5.97 Å². The van der Waals surface area contributed by atoms with Gasteiger partial charge in [0, 0.05) is 0 Å². The smallest absolute Gasteiger partial charge is 0.341 e. The summed E-state index contributed by atoms with van der Waals surface area (Å²) < 4.78 is 23.0. The molecule has 0 radical (unpaired) electrons. The van der Waals surface area contributed by atoms with Crippen LogP contribution in [0.5, 0.6) is 0 Å². The largest absolute Gasteiger partial charge is 0.465 e. The Morgan fingerprint density at radius 1 is 1.45 bits per heavy atom. The average Bonchev–Trinajstić information content (AvgIpc) is 2.78. The molecule has 1 aromatic heterocycles. The number of halogens is 2. The number of furan rings is 1. The second-order valence-electron chi connectivity index (χ2n) is 4.15. The Morgan fingerprint density at radius 3 is 2.85 bits per heavy atom. The number of hydrogen-bond donors (Lipinski definition) is 1. The average molecular weight is 298 g/mol. The summed E-state index contributed by atoms with van der Waals surface area (Å²) in [7, 11) is 1.31. The van der Waals surface area contributed by atoms with E-state index in [0.29, 0.717) is 29.3 Å². The van der Waals surface area contributed by atoms with Gasteiger partial charge in [0.25, 0.3) is 0 Å². The van der Waals surface area contributed by atoms with Crippen molar-refractivity contribution in [3.63, 3.8) is 0 Å². The number of carbonyl (C=O) groups is 1. The molecule has 0 aliphatic rings. The molecule has 2 aromatic rings. The van der Waals surface area contributed by atoms with Crippen molar-refractivity contribution in [2.75, 3.05) is 12.4 Å². The molecule has 0 aliphatic heterocycles. The van der Waals surface area contributed by atoms with E-state index in [1.54, 1.807) is 13.0 Å². The van der Waals surface area contributed by atoms with Crippen LogP contribution in [0.3, 0.4) is 0 Å². The molecule has 1 aromatic carbocycles. The van der Waals surface area contributed by atoms with Crippen LogP contribution in [0.15, 0.2) is 28.7 Å². The van der Waals surface area contributed by atoms with Crippen LogP contribution in [0.25, 0.3) is 0 Å². The van der Waals surface area contributed by atoms with Crippen LogP contribution in [0.2, 0.25) is 5.02 Å². The van der Waals surface area contributed by atoms with Gasteiger partial charge in [-0.1, -0.05) is 11.6 Å². The Morgan fingerprint density at radius 2 is 2.20 bits per heavy atom. The highest BCUT2D eigenvalue weighted by molar-refractivity contribution is 6.33. The molecule has 106 valence electrons. The van der Waals surface area contributed by atoms with E-state index in [9.17, 15) is 9.18 Å². The second kappa shape index (κ2) is 5.96. The van der Waals surface area contributed by atoms with Crippen LogP contribution in [-0.2, 0) is 11.3 Å². The maximum absolute atomic E-state index is 12.9. The van der Waals surface area contributed by atoms with Gasteiger partial charge in [-0.25, -0.2) is 9.18 Å². The van der Waals surface area contributed by atoms with Crippen molar-refractivity contribution in [2.45, 2.75) is 13.5 Å². The lowest BCUT2D eigenvalue weighted by molar-refractivity contribution is 0.0599. The quantitative estimate of drug-likeness (QED) is 0.873. The van der Waals surface area contributed by atoms with E-state index in [-0.39, 0.29) is 5.02 Å². The number of nitrogens with one attached hydrogen (secondary N) is 1. The number of benzene rings is 1. The predicted octanol–water partition coefficient (Wildman–Crippen LogP) is 3.78.